The number of pyridine rings is 1. The number of carbonyl (C=O) groups is 1. The molecule has 0 unspecified atom stereocenters. The van der Waals surface area contributed by atoms with Crippen molar-refractivity contribution in [1.29, 1.82) is 0 Å². The summed E-state index contributed by atoms with van der Waals surface area (Å²) in [6.07, 6.45) is 6.16. The van der Waals surface area contributed by atoms with Gasteiger partial charge < -0.3 is 20.1 Å². The first-order chi connectivity index (χ1) is 15.2. The number of amides is 2. The molecule has 1 aliphatic rings. The Kier molecular flexibility index (Phi) is 6.35. The zero-order valence-corrected chi connectivity index (χ0v) is 17.9. The first-order valence-corrected chi connectivity index (χ1v) is 10.5. The van der Waals surface area contributed by atoms with Gasteiger partial charge in [-0.3, -0.25) is 9.67 Å². The first kappa shape index (κ1) is 20.7. The normalized spacial score (nSPS) is 12.7. The topological polar surface area (TPSA) is 90.3 Å². The van der Waals surface area contributed by atoms with Gasteiger partial charge in [0.25, 0.3) is 0 Å². The van der Waals surface area contributed by atoms with Crippen LogP contribution in [0.3, 0.4) is 0 Å². The van der Waals surface area contributed by atoms with Crippen molar-refractivity contribution in [3.63, 3.8) is 0 Å². The van der Waals surface area contributed by atoms with Gasteiger partial charge in [0.1, 0.15) is 5.69 Å². The standard InChI is InChI=1S/C23H27N5O3/c1-30-20-11-10-16(15-21(20)31-2)26-23(29)25-13-14-28-19-9-4-3-7-17(19)22(27-28)18-8-5-6-12-24-18/h5-6,8,10-12,15H,3-4,7,9,13-14H2,1-2H3,(H2,25,26,29). The summed E-state index contributed by atoms with van der Waals surface area (Å²) in [4.78, 5) is 16.8. The highest BCUT2D eigenvalue weighted by Crippen LogP contribution is 2.31. The Morgan fingerprint density at radius 3 is 2.71 bits per heavy atom. The van der Waals surface area contributed by atoms with Gasteiger partial charge in [-0.05, 0) is 49.9 Å². The van der Waals surface area contributed by atoms with Crippen molar-refractivity contribution in [1.82, 2.24) is 20.1 Å². The average molecular weight is 422 g/mol. The van der Waals surface area contributed by atoms with Crippen molar-refractivity contribution in [2.75, 3.05) is 26.1 Å². The molecule has 0 fully saturated rings. The number of hydrogen-bond acceptors (Lipinski definition) is 5. The van der Waals surface area contributed by atoms with Gasteiger partial charge in [0.15, 0.2) is 11.5 Å². The Balaban J connectivity index is 1.40. The summed E-state index contributed by atoms with van der Waals surface area (Å²) < 4.78 is 12.5. The number of fused-ring (bicyclic) bond motifs is 1. The smallest absolute Gasteiger partial charge is 0.319 e. The van der Waals surface area contributed by atoms with Crippen LogP contribution in [0.5, 0.6) is 11.5 Å². The molecule has 0 radical (unpaired) electrons. The van der Waals surface area contributed by atoms with Crippen LogP contribution in [-0.2, 0) is 19.4 Å². The Hall–Kier alpha value is -3.55. The average Bonchev–Trinajstić information content (AvgIpc) is 3.18. The summed E-state index contributed by atoms with van der Waals surface area (Å²) >= 11 is 0. The number of ether oxygens (including phenoxy) is 2. The number of hydrogen-bond donors (Lipinski definition) is 2. The van der Waals surface area contributed by atoms with Crippen molar-refractivity contribution < 1.29 is 14.3 Å². The molecular formula is C23H27N5O3. The number of benzene rings is 1. The van der Waals surface area contributed by atoms with Gasteiger partial charge in [0.2, 0.25) is 0 Å². The van der Waals surface area contributed by atoms with Crippen LogP contribution in [0.2, 0.25) is 0 Å². The number of nitrogens with one attached hydrogen (secondary N) is 2. The summed E-state index contributed by atoms with van der Waals surface area (Å²) in [5.41, 5.74) is 5.04. The molecule has 162 valence electrons. The van der Waals surface area contributed by atoms with Crippen LogP contribution in [0.25, 0.3) is 11.4 Å². The first-order valence-electron chi connectivity index (χ1n) is 10.5. The van der Waals surface area contributed by atoms with Gasteiger partial charge in [-0.2, -0.15) is 5.10 Å². The Morgan fingerprint density at radius 2 is 1.94 bits per heavy atom. The molecule has 2 N–H and O–H groups in total. The highest BCUT2D eigenvalue weighted by molar-refractivity contribution is 5.89. The van der Waals surface area contributed by atoms with Crippen molar-refractivity contribution in [2.24, 2.45) is 0 Å². The maximum atomic E-state index is 12.3. The highest BCUT2D eigenvalue weighted by Gasteiger charge is 2.22. The van der Waals surface area contributed by atoms with E-state index in [9.17, 15) is 4.79 Å². The number of urea groups is 1. The number of nitrogens with zero attached hydrogens (tertiary/aromatic N) is 3. The number of carbonyl (C=O) groups excluding carboxylic acids is 1. The lowest BCUT2D eigenvalue weighted by Crippen LogP contribution is -2.32. The molecule has 3 aromatic rings. The molecule has 1 aliphatic carbocycles. The molecule has 31 heavy (non-hydrogen) atoms. The monoisotopic (exact) mass is 421 g/mol. The molecule has 4 rings (SSSR count). The van der Waals surface area contributed by atoms with Crippen molar-refractivity contribution in [3.05, 3.63) is 53.9 Å². The summed E-state index contributed by atoms with van der Waals surface area (Å²) in [7, 11) is 3.14. The Bertz CT molecular complexity index is 1050. The SMILES string of the molecule is COc1ccc(NC(=O)NCCn2nc(-c3ccccn3)c3c2CCCC3)cc1OC. The quantitative estimate of drug-likeness (QED) is 0.608. The van der Waals surface area contributed by atoms with Gasteiger partial charge in [-0.25, -0.2) is 4.79 Å². The molecule has 0 aliphatic heterocycles. The van der Waals surface area contributed by atoms with Gasteiger partial charge in [0, 0.05) is 35.8 Å². The maximum absolute atomic E-state index is 12.3. The number of anilines is 1. The van der Waals surface area contributed by atoms with E-state index in [-0.39, 0.29) is 6.03 Å². The third-order valence-electron chi connectivity index (χ3n) is 5.41. The number of rotatable bonds is 7. The van der Waals surface area contributed by atoms with E-state index < -0.39 is 0 Å². The fourth-order valence-corrected chi connectivity index (χ4v) is 3.93. The summed E-state index contributed by atoms with van der Waals surface area (Å²) in [5, 5.41) is 10.6. The second-order valence-electron chi connectivity index (χ2n) is 7.37. The molecule has 0 spiro atoms. The Labute approximate surface area is 181 Å². The van der Waals surface area contributed by atoms with Crippen LogP contribution < -0.4 is 20.1 Å². The molecule has 2 heterocycles. The van der Waals surface area contributed by atoms with E-state index in [1.165, 1.54) is 17.7 Å². The van der Waals surface area contributed by atoms with Crippen molar-refractivity contribution >= 4 is 11.7 Å². The minimum absolute atomic E-state index is 0.279. The van der Waals surface area contributed by atoms with E-state index in [0.717, 1.165) is 30.7 Å². The number of methoxy groups -OCH3 is 2. The van der Waals surface area contributed by atoms with Crippen LogP contribution >= 0.6 is 0 Å². The summed E-state index contributed by atoms with van der Waals surface area (Å²) in [5.74, 6) is 1.17. The lowest BCUT2D eigenvalue weighted by atomic mass is 9.95. The minimum Gasteiger partial charge on any atom is -0.493 e. The van der Waals surface area contributed by atoms with Crippen LogP contribution in [0, 0.1) is 0 Å². The van der Waals surface area contributed by atoms with E-state index in [2.05, 4.69) is 15.6 Å². The summed E-state index contributed by atoms with van der Waals surface area (Å²) in [6, 6.07) is 10.9. The zero-order valence-electron chi connectivity index (χ0n) is 17.9. The van der Waals surface area contributed by atoms with Crippen LogP contribution in [-0.4, -0.2) is 41.6 Å². The molecule has 0 saturated heterocycles. The van der Waals surface area contributed by atoms with Crippen LogP contribution in [0.4, 0.5) is 10.5 Å². The van der Waals surface area contributed by atoms with Gasteiger partial charge in [-0.1, -0.05) is 6.07 Å². The van der Waals surface area contributed by atoms with E-state index in [4.69, 9.17) is 14.6 Å². The van der Waals surface area contributed by atoms with E-state index >= 15 is 0 Å². The van der Waals surface area contributed by atoms with E-state index in [1.54, 1.807) is 38.6 Å². The minimum atomic E-state index is -0.279. The van der Waals surface area contributed by atoms with Gasteiger partial charge in [-0.15, -0.1) is 0 Å². The largest absolute Gasteiger partial charge is 0.493 e. The van der Waals surface area contributed by atoms with Crippen LogP contribution in [0.15, 0.2) is 42.6 Å². The molecule has 8 heteroatoms. The fraction of sp³-hybridized carbons (Fsp3) is 0.348. The molecule has 8 nitrogen and oxygen atoms in total. The molecule has 2 amide bonds. The molecule has 0 atom stereocenters. The van der Waals surface area contributed by atoms with Crippen molar-refractivity contribution in [3.8, 4) is 22.9 Å². The predicted octanol–water partition coefficient (Wildman–Crippen LogP) is 3.66. The third-order valence-corrected chi connectivity index (χ3v) is 5.41. The molecule has 0 saturated carbocycles. The second-order valence-corrected chi connectivity index (χ2v) is 7.37. The van der Waals surface area contributed by atoms with Gasteiger partial charge >= 0.3 is 6.03 Å². The van der Waals surface area contributed by atoms with Crippen molar-refractivity contribution in [2.45, 2.75) is 32.2 Å². The highest BCUT2D eigenvalue weighted by atomic mass is 16.5. The summed E-state index contributed by atoms with van der Waals surface area (Å²) in [6.45, 7) is 1.07. The molecular weight excluding hydrogens is 394 g/mol. The maximum Gasteiger partial charge on any atom is 0.319 e. The second kappa shape index (κ2) is 9.51. The lowest BCUT2D eigenvalue weighted by Gasteiger charge is -2.15. The predicted molar refractivity (Wildman–Crippen MR) is 119 cm³/mol. The molecule has 0 bridgehead atoms. The third kappa shape index (κ3) is 4.63. The fourth-order valence-electron chi connectivity index (χ4n) is 3.93. The van der Waals surface area contributed by atoms with Crippen LogP contribution in [0.1, 0.15) is 24.1 Å². The van der Waals surface area contributed by atoms with E-state index in [0.29, 0.717) is 30.3 Å². The number of aromatic nitrogens is 3. The Morgan fingerprint density at radius 1 is 1.10 bits per heavy atom. The lowest BCUT2D eigenvalue weighted by molar-refractivity contribution is 0.251. The van der Waals surface area contributed by atoms with Gasteiger partial charge in [0.05, 0.1) is 26.5 Å². The van der Waals surface area contributed by atoms with E-state index in [1.807, 2.05) is 22.9 Å². The molecule has 1 aromatic carbocycles. The molecule has 2 aromatic heterocycles. The zero-order chi connectivity index (χ0) is 21.6.